The lowest BCUT2D eigenvalue weighted by atomic mass is 9.95. The number of carbonyl (C=O) groups excluding carboxylic acids is 2. The number of aliphatic hydroxyl groups excluding tert-OH is 1. The molecule has 2 N–H and O–H groups in total. The average Bonchev–Trinajstić information content (AvgIpc) is 3.09. The number of benzene rings is 2. The van der Waals surface area contributed by atoms with Crippen LogP contribution >= 0.6 is 0 Å². The number of nitrogens with zero attached hydrogens (tertiary/aromatic N) is 2. The second-order valence-electron chi connectivity index (χ2n) is 8.00. The molecule has 10 nitrogen and oxygen atoms in total. The average molecular weight is 482 g/mol. The van der Waals surface area contributed by atoms with Gasteiger partial charge in [0.15, 0.2) is 0 Å². The highest BCUT2D eigenvalue weighted by atomic mass is 16.6. The molecule has 2 aromatic carbocycles. The number of non-ortho nitro benzene ring substituents is 1. The van der Waals surface area contributed by atoms with Gasteiger partial charge in [-0.05, 0) is 49.6 Å². The van der Waals surface area contributed by atoms with Gasteiger partial charge in [0.05, 0.1) is 23.1 Å². The predicted molar refractivity (Wildman–Crippen MR) is 126 cm³/mol. The van der Waals surface area contributed by atoms with Crippen molar-refractivity contribution >= 4 is 29.1 Å². The molecule has 0 aliphatic carbocycles. The fraction of sp³-hybridized carbons (Fsp3) is 0.320. The van der Waals surface area contributed by atoms with Gasteiger partial charge in [0.2, 0.25) is 0 Å². The number of Topliss-reactive ketones (excluding diaryl/α,β-unsaturated/α-hetero) is 1. The number of nitro groups is 1. The van der Waals surface area contributed by atoms with Gasteiger partial charge in [0.25, 0.3) is 17.4 Å². The molecule has 1 unspecified atom stereocenters. The number of amides is 1. The molecule has 10 heteroatoms. The van der Waals surface area contributed by atoms with Crippen molar-refractivity contribution < 1.29 is 34.3 Å². The summed E-state index contributed by atoms with van der Waals surface area (Å²) in [4.78, 5) is 48.5. The summed E-state index contributed by atoms with van der Waals surface area (Å²) in [6.45, 7) is 2.50. The van der Waals surface area contributed by atoms with Crippen molar-refractivity contribution in [3.8, 4) is 5.75 Å². The number of nitro benzene ring substituents is 1. The quantitative estimate of drug-likeness (QED) is 0.122. The lowest BCUT2D eigenvalue weighted by Gasteiger charge is -2.25. The van der Waals surface area contributed by atoms with Crippen LogP contribution < -0.4 is 4.74 Å². The number of carboxylic acid groups (broad SMARTS) is 1. The highest BCUT2D eigenvalue weighted by molar-refractivity contribution is 6.46. The molecule has 0 saturated carbocycles. The van der Waals surface area contributed by atoms with E-state index in [1.54, 1.807) is 24.3 Å². The molecule has 3 rings (SSSR count). The van der Waals surface area contributed by atoms with Gasteiger partial charge < -0.3 is 19.8 Å². The Morgan fingerprint density at radius 3 is 2.26 bits per heavy atom. The van der Waals surface area contributed by atoms with Gasteiger partial charge in [-0.3, -0.25) is 24.5 Å². The van der Waals surface area contributed by atoms with Gasteiger partial charge in [-0.1, -0.05) is 18.6 Å². The molecular weight excluding hydrogens is 456 g/mol. The van der Waals surface area contributed by atoms with Crippen LogP contribution in [0.1, 0.15) is 49.8 Å². The molecule has 35 heavy (non-hydrogen) atoms. The number of carboxylic acids is 1. The first-order valence-corrected chi connectivity index (χ1v) is 11.2. The molecule has 0 spiro atoms. The topological polar surface area (TPSA) is 147 Å². The highest BCUT2D eigenvalue weighted by Gasteiger charge is 2.45. The van der Waals surface area contributed by atoms with Gasteiger partial charge in [0.1, 0.15) is 11.5 Å². The number of ether oxygens (including phenoxy) is 1. The predicted octanol–water partition coefficient (Wildman–Crippen LogP) is 4.06. The zero-order valence-electron chi connectivity index (χ0n) is 19.2. The second-order valence-corrected chi connectivity index (χ2v) is 8.00. The fourth-order valence-electron chi connectivity index (χ4n) is 4.00. The standard InChI is InChI=1S/C25H26N2O8/c1-2-35-19-13-9-16(10-14-19)22-21(23(30)17-7-11-18(12-8-17)27(33)34)24(31)25(32)26(22)15-5-3-4-6-20(28)29/h7-14,22,30H,2-6,15H2,1H3,(H,28,29)/b23-21+. The van der Waals surface area contributed by atoms with E-state index in [4.69, 9.17) is 9.84 Å². The van der Waals surface area contributed by atoms with Gasteiger partial charge in [-0.15, -0.1) is 0 Å². The van der Waals surface area contributed by atoms with E-state index >= 15 is 0 Å². The molecule has 1 heterocycles. The highest BCUT2D eigenvalue weighted by Crippen LogP contribution is 2.40. The Bertz CT molecular complexity index is 1140. The van der Waals surface area contributed by atoms with Crippen molar-refractivity contribution in [2.24, 2.45) is 0 Å². The van der Waals surface area contributed by atoms with Crippen molar-refractivity contribution in [2.75, 3.05) is 13.2 Å². The van der Waals surface area contributed by atoms with Crippen LogP contribution in [-0.4, -0.2) is 50.8 Å². The number of rotatable bonds is 11. The Balaban J connectivity index is 1.98. The molecule has 1 saturated heterocycles. The monoisotopic (exact) mass is 482 g/mol. The third kappa shape index (κ3) is 5.84. The summed E-state index contributed by atoms with van der Waals surface area (Å²) in [6, 6.07) is 11.0. The smallest absolute Gasteiger partial charge is 0.303 e. The minimum absolute atomic E-state index is 0.0152. The van der Waals surface area contributed by atoms with Crippen LogP contribution in [0.15, 0.2) is 54.1 Å². The summed E-state index contributed by atoms with van der Waals surface area (Å²) >= 11 is 0. The van der Waals surface area contributed by atoms with E-state index < -0.39 is 34.4 Å². The summed E-state index contributed by atoms with van der Waals surface area (Å²) < 4.78 is 5.47. The molecular formula is C25H26N2O8. The molecule has 0 bridgehead atoms. The largest absolute Gasteiger partial charge is 0.507 e. The lowest BCUT2D eigenvalue weighted by Crippen LogP contribution is -2.30. The zero-order valence-corrected chi connectivity index (χ0v) is 19.2. The summed E-state index contributed by atoms with van der Waals surface area (Å²) in [5, 5.41) is 30.8. The van der Waals surface area contributed by atoms with Crippen LogP contribution in [0.2, 0.25) is 0 Å². The van der Waals surface area contributed by atoms with Crippen LogP contribution in [0.3, 0.4) is 0 Å². The van der Waals surface area contributed by atoms with Crippen molar-refractivity contribution in [3.05, 3.63) is 75.3 Å². The summed E-state index contributed by atoms with van der Waals surface area (Å²) in [7, 11) is 0. The van der Waals surface area contributed by atoms with Crippen molar-refractivity contribution in [1.82, 2.24) is 4.90 Å². The van der Waals surface area contributed by atoms with Crippen molar-refractivity contribution in [2.45, 2.75) is 38.6 Å². The number of likely N-dealkylation sites (tertiary alicyclic amines) is 1. The summed E-state index contributed by atoms with van der Waals surface area (Å²) in [5.74, 6) is -2.35. The van der Waals surface area contributed by atoms with Gasteiger partial charge in [-0.25, -0.2) is 0 Å². The molecule has 2 aromatic rings. The van der Waals surface area contributed by atoms with Crippen molar-refractivity contribution in [1.29, 1.82) is 0 Å². The minimum Gasteiger partial charge on any atom is -0.507 e. The number of aliphatic hydroxyl groups is 1. The second kappa shape index (κ2) is 11.3. The number of ketones is 1. The molecule has 1 aliphatic heterocycles. The van der Waals surface area contributed by atoms with Gasteiger partial charge in [0, 0.05) is 30.7 Å². The number of aliphatic carboxylic acids is 1. The van der Waals surface area contributed by atoms with Gasteiger partial charge in [-0.2, -0.15) is 0 Å². The number of carbonyl (C=O) groups is 3. The van der Waals surface area contributed by atoms with E-state index in [0.717, 1.165) is 0 Å². The van der Waals surface area contributed by atoms with Crippen LogP contribution in [-0.2, 0) is 14.4 Å². The molecule has 0 aromatic heterocycles. The zero-order chi connectivity index (χ0) is 25.5. The number of hydrogen-bond donors (Lipinski definition) is 2. The van der Waals surface area contributed by atoms with E-state index in [0.29, 0.717) is 37.2 Å². The molecule has 1 atom stereocenters. The van der Waals surface area contributed by atoms with E-state index in [1.165, 1.54) is 29.2 Å². The lowest BCUT2D eigenvalue weighted by molar-refractivity contribution is -0.384. The number of hydrogen-bond acceptors (Lipinski definition) is 7. The van der Waals surface area contributed by atoms with Crippen LogP contribution in [0.5, 0.6) is 5.75 Å². The molecule has 184 valence electrons. The van der Waals surface area contributed by atoms with Crippen LogP contribution in [0.4, 0.5) is 5.69 Å². The molecule has 1 aliphatic rings. The molecule has 1 amide bonds. The maximum atomic E-state index is 13.0. The summed E-state index contributed by atoms with van der Waals surface area (Å²) in [6.07, 6.45) is 1.48. The Kier molecular flexibility index (Phi) is 8.19. The first-order chi connectivity index (χ1) is 16.7. The van der Waals surface area contributed by atoms with E-state index in [-0.39, 0.29) is 29.8 Å². The maximum Gasteiger partial charge on any atom is 0.303 e. The Hall–Kier alpha value is -4.21. The number of unbranched alkanes of at least 4 members (excludes halogenated alkanes) is 2. The van der Waals surface area contributed by atoms with Gasteiger partial charge >= 0.3 is 5.97 Å². The van der Waals surface area contributed by atoms with Crippen LogP contribution in [0, 0.1) is 10.1 Å². The minimum atomic E-state index is -0.900. The first-order valence-electron chi connectivity index (χ1n) is 11.2. The fourth-order valence-corrected chi connectivity index (χ4v) is 4.00. The van der Waals surface area contributed by atoms with E-state index in [9.17, 15) is 29.6 Å². The SMILES string of the molecule is CCOc1ccc(C2/C(=C(\O)c3ccc([N+](=O)[O-])cc3)C(=O)C(=O)N2CCCCCC(=O)O)cc1. The van der Waals surface area contributed by atoms with Crippen molar-refractivity contribution in [3.63, 3.8) is 0 Å². The molecule has 1 fully saturated rings. The molecule has 0 radical (unpaired) electrons. The normalized spacial score (nSPS) is 16.9. The Morgan fingerprint density at radius 2 is 1.69 bits per heavy atom. The summed E-state index contributed by atoms with van der Waals surface area (Å²) in [5.41, 5.74) is 0.470. The first kappa shape index (κ1) is 25.4. The Labute approximate surface area is 201 Å². The Morgan fingerprint density at radius 1 is 1.03 bits per heavy atom. The van der Waals surface area contributed by atoms with E-state index in [2.05, 4.69) is 0 Å². The third-order valence-electron chi connectivity index (χ3n) is 5.69. The van der Waals surface area contributed by atoms with E-state index in [1.807, 2.05) is 6.92 Å². The van der Waals surface area contributed by atoms with Crippen LogP contribution in [0.25, 0.3) is 5.76 Å². The maximum absolute atomic E-state index is 13.0. The third-order valence-corrected chi connectivity index (χ3v) is 5.69.